The highest BCUT2D eigenvalue weighted by Crippen LogP contribution is 2.27. The lowest BCUT2D eigenvalue weighted by Crippen LogP contribution is -2.46. The van der Waals surface area contributed by atoms with Gasteiger partial charge in [0.05, 0.1) is 6.54 Å². The highest BCUT2D eigenvalue weighted by molar-refractivity contribution is 14.0. The largest absolute Gasteiger partial charge is 0.466 e. The number of guanidine groups is 1. The SMILES string of the molecule is CCNC(=NCC(C)(O)c1cc(C)oc1C)NCC(C)N(CC)CC.I. The summed E-state index contributed by atoms with van der Waals surface area (Å²) in [5.74, 6) is 2.26. The fourth-order valence-electron chi connectivity index (χ4n) is 3.05. The maximum absolute atomic E-state index is 10.8. The van der Waals surface area contributed by atoms with Crippen LogP contribution < -0.4 is 10.6 Å². The minimum absolute atomic E-state index is 0. The molecule has 7 heteroatoms. The van der Waals surface area contributed by atoms with Gasteiger partial charge in [-0.3, -0.25) is 4.90 Å². The second-order valence-electron chi connectivity index (χ2n) is 6.75. The first kappa shape index (κ1) is 25.2. The van der Waals surface area contributed by atoms with E-state index in [2.05, 4.69) is 41.3 Å². The van der Waals surface area contributed by atoms with Crippen molar-refractivity contribution in [2.24, 2.45) is 4.99 Å². The predicted molar refractivity (Wildman–Crippen MR) is 120 cm³/mol. The van der Waals surface area contributed by atoms with Crippen molar-refractivity contribution in [2.45, 2.75) is 60.1 Å². The minimum atomic E-state index is -1.06. The lowest BCUT2D eigenvalue weighted by molar-refractivity contribution is 0.0657. The molecule has 152 valence electrons. The highest BCUT2D eigenvalue weighted by Gasteiger charge is 2.27. The molecule has 0 radical (unpaired) electrons. The molecule has 0 aliphatic carbocycles. The molecule has 1 rings (SSSR count). The van der Waals surface area contributed by atoms with Gasteiger partial charge in [0.25, 0.3) is 0 Å². The molecule has 1 aromatic heterocycles. The van der Waals surface area contributed by atoms with Gasteiger partial charge in [0.15, 0.2) is 5.96 Å². The van der Waals surface area contributed by atoms with Crippen molar-refractivity contribution in [3.8, 4) is 0 Å². The van der Waals surface area contributed by atoms with E-state index < -0.39 is 5.60 Å². The number of halogens is 1. The van der Waals surface area contributed by atoms with Gasteiger partial charge < -0.3 is 20.2 Å². The van der Waals surface area contributed by atoms with Gasteiger partial charge in [-0.25, -0.2) is 4.99 Å². The normalized spacial score (nSPS) is 15.3. The summed E-state index contributed by atoms with van der Waals surface area (Å²) in [4.78, 5) is 6.97. The first-order valence-electron chi connectivity index (χ1n) is 9.31. The quantitative estimate of drug-likeness (QED) is 0.288. The zero-order chi connectivity index (χ0) is 19.0. The van der Waals surface area contributed by atoms with E-state index in [1.807, 2.05) is 26.8 Å². The number of nitrogens with zero attached hydrogens (tertiary/aromatic N) is 2. The van der Waals surface area contributed by atoms with Crippen LogP contribution in [-0.2, 0) is 5.60 Å². The van der Waals surface area contributed by atoms with Crippen molar-refractivity contribution in [3.05, 3.63) is 23.2 Å². The molecule has 0 amide bonds. The van der Waals surface area contributed by atoms with E-state index in [1.54, 1.807) is 6.92 Å². The number of aryl methyl sites for hydroxylation is 2. The predicted octanol–water partition coefficient (Wildman–Crippen LogP) is 3.01. The van der Waals surface area contributed by atoms with Gasteiger partial charge in [0, 0.05) is 24.7 Å². The molecule has 0 aliphatic rings. The van der Waals surface area contributed by atoms with Crippen molar-refractivity contribution in [2.75, 3.05) is 32.7 Å². The third-order valence-corrected chi connectivity index (χ3v) is 4.51. The lowest BCUT2D eigenvalue weighted by Gasteiger charge is -2.27. The summed E-state index contributed by atoms with van der Waals surface area (Å²) >= 11 is 0. The fourth-order valence-corrected chi connectivity index (χ4v) is 3.05. The Morgan fingerprint density at radius 3 is 2.35 bits per heavy atom. The van der Waals surface area contributed by atoms with Crippen LogP contribution in [0.25, 0.3) is 0 Å². The summed E-state index contributed by atoms with van der Waals surface area (Å²) in [5.41, 5.74) is -0.268. The molecular weight excluding hydrogens is 443 g/mol. The number of aliphatic hydroxyl groups is 1. The molecule has 0 bridgehead atoms. The summed E-state index contributed by atoms with van der Waals surface area (Å²) in [6.45, 7) is 18.0. The second-order valence-corrected chi connectivity index (χ2v) is 6.75. The van der Waals surface area contributed by atoms with E-state index in [0.29, 0.717) is 6.04 Å². The van der Waals surface area contributed by atoms with Gasteiger partial charge in [-0.15, -0.1) is 24.0 Å². The molecule has 1 aromatic rings. The average Bonchev–Trinajstić information content (AvgIpc) is 2.90. The fraction of sp³-hybridized carbons (Fsp3) is 0.737. The monoisotopic (exact) mass is 480 g/mol. The number of likely N-dealkylation sites (N-methyl/N-ethyl adjacent to an activating group) is 1. The Balaban J connectivity index is 0.00000625. The van der Waals surface area contributed by atoms with Crippen LogP contribution in [0.4, 0.5) is 0 Å². The highest BCUT2D eigenvalue weighted by atomic mass is 127. The molecule has 1 heterocycles. The number of hydrogen-bond acceptors (Lipinski definition) is 4. The van der Waals surface area contributed by atoms with Crippen LogP contribution in [0.15, 0.2) is 15.5 Å². The van der Waals surface area contributed by atoms with Crippen molar-refractivity contribution in [3.63, 3.8) is 0 Å². The first-order chi connectivity index (χ1) is 11.7. The Hall–Kier alpha value is -0.800. The van der Waals surface area contributed by atoms with Crippen LogP contribution in [0, 0.1) is 13.8 Å². The summed E-state index contributed by atoms with van der Waals surface area (Å²) in [6, 6.07) is 2.30. The number of furan rings is 1. The van der Waals surface area contributed by atoms with Crippen LogP contribution in [0.2, 0.25) is 0 Å². The van der Waals surface area contributed by atoms with Crippen LogP contribution in [-0.4, -0.2) is 54.7 Å². The number of nitrogens with one attached hydrogen (secondary N) is 2. The molecule has 26 heavy (non-hydrogen) atoms. The van der Waals surface area contributed by atoms with Gasteiger partial charge >= 0.3 is 0 Å². The zero-order valence-electron chi connectivity index (χ0n) is 17.3. The molecule has 6 nitrogen and oxygen atoms in total. The number of aliphatic imine (C=N–C) groups is 1. The second kappa shape index (κ2) is 11.8. The molecule has 0 spiro atoms. The van der Waals surface area contributed by atoms with Crippen molar-refractivity contribution < 1.29 is 9.52 Å². The minimum Gasteiger partial charge on any atom is -0.466 e. The van der Waals surface area contributed by atoms with Crippen LogP contribution in [0.5, 0.6) is 0 Å². The van der Waals surface area contributed by atoms with Crippen molar-refractivity contribution in [1.29, 1.82) is 0 Å². The Morgan fingerprint density at radius 1 is 1.27 bits per heavy atom. The summed E-state index contributed by atoms with van der Waals surface area (Å²) in [6.07, 6.45) is 0. The molecule has 0 aliphatic heterocycles. The van der Waals surface area contributed by atoms with Gasteiger partial charge in [-0.2, -0.15) is 0 Å². The van der Waals surface area contributed by atoms with Crippen LogP contribution >= 0.6 is 24.0 Å². The van der Waals surface area contributed by atoms with E-state index >= 15 is 0 Å². The third kappa shape index (κ3) is 7.44. The van der Waals surface area contributed by atoms with Crippen LogP contribution in [0.1, 0.15) is 51.7 Å². The molecule has 0 fully saturated rings. The Labute approximate surface area is 175 Å². The summed E-state index contributed by atoms with van der Waals surface area (Å²) in [7, 11) is 0. The van der Waals surface area contributed by atoms with Gasteiger partial charge in [0.2, 0.25) is 0 Å². The standard InChI is InChI=1S/C19H36N4O2.HI/c1-8-20-18(21-12-14(4)23(9-2)10-3)22-13-19(7,24)17-11-15(5)25-16(17)6;/h11,14,24H,8-10,12-13H2,1-7H3,(H2,20,21,22);1H. The maximum Gasteiger partial charge on any atom is 0.191 e. The topological polar surface area (TPSA) is 73.0 Å². The molecule has 2 unspecified atom stereocenters. The Bertz CT molecular complexity index is 554. The first-order valence-corrected chi connectivity index (χ1v) is 9.31. The molecule has 2 atom stereocenters. The molecule has 3 N–H and O–H groups in total. The van der Waals surface area contributed by atoms with E-state index in [1.165, 1.54) is 0 Å². The molecular formula is C19H37IN4O2. The molecule has 0 aromatic carbocycles. The molecule has 0 saturated heterocycles. The van der Waals surface area contributed by atoms with Crippen molar-refractivity contribution in [1.82, 2.24) is 15.5 Å². The van der Waals surface area contributed by atoms with Crippen molar-refractivity contribution >= 4 is 29.9 Å². The maximum atomic E-state index is 10.8. The lowest BCUT2D eigenvalue weighted by atomic mass is 9.96. The van der Waals surface area contributed by atoms with E-state index in [0.717, 1.165) is 49.2 Å². The van der Waals surface area contributed by atoms with E-state index in [4.69, 9.17) is 4.42 Å². The third-order valence-electron chi connectivity index (χ3n) is 4.51. The molecule has 0 saturated carbocycles. The van der Waals surface area contributed by atoms with Gasteiger partial charge in [-0.1, -0.05) is 13.8 Å². The van der Waals surface area contributed by atoms with Gasteiger partial charge in [-0.05, 0) is 53.8 Å². The van der Waals surface area contributed by atoms with E-state index in [-0.39, 0.29) is 30.5 Å². The van der Waals surface area contributed by atoms with Crippen LogP contribution in [0.3, 0.4) is 0 Å². The van der Waals surface area contributed by atoms with E-state index in [9.17, 15) is 5.11 Å². The van der Waals surface area contributed by atoms with Gasteiger partial charge in [0.1, 0.15) is 17.1 Å². The number of rotatable bonds is 9. The summed E-state index contributed by atoms with van der Waals surface area (Å²) in [5, 5.41) is 17.4. The summed E-state index contributed by atoms with van der Waals surface area (Å²) < 4.78 is 5.54. The average molecular weight is 480 g/mol. The Morgan fingerprint density at radius 2 is 1.88 bits per heavy atom. The Kier molecular flexibility index (Phi) is 11.5. The zero-order valence-corrected chi connectivity index (χ0v) is 19.7. The smallest absolute Gasteiger partial charge is 0.191 e. The number of hydrogen-bond donors (Lipinski definition) is 3.